The van der Waals surface area contributed by atoms with Gasteiger partial charge in [-0.05, 0) is 84.7 Å². The minimum atomic E-state index is -1.89. The van der Waals surface area contributed by atoms with Crippen LogP contribution < -0.4 is 38.6 Å². The number of nitrogens with two attached hydrogens (primary N) is 4. The van der Waals surface area contributed by atoms with Gasteiger partial charge < -0.3 is 73.6 Å². The van der Waals surface area contributed by atoms with Gasteiger partial charge in [-0.3, -0.25) is 20.4 Å². The normalized spacial score (nSPS) is 16.2. The molecule has 9 unspecified atom stereocenters. The van der Waals surface area contributed by atoms with Gasteiger partial charge in [-0.1, -0.05) is 60.1 Å². The molecule has 4 aromatic rings. The minimum absolute atomic E-state index is 0.00850. The van der Waals surface area contributed by atoms with Crippen LogP contribution >= 0.6 is 11.6 Å². The zero-order chi connectivity index (χ0) is 49.4. The summed E-state index contributed by atoms with van der Waals surface area (Å²) in [4.78, 5) is 37.8. The van der Waals surface area contributed by atoms with Crippen molar-refractivity contribution in [2.45, 2.75) is 93.4 Å². The molecule has 1 heterocycles. The number of hydrogen-bond donors (Lipinski definition) is 17. The third-order valence-electron chi connectivity index (χ3n) is 11.1. The van der Waals surface area contributed by atoms with Crippen LogP contribution in [0.25, 0.3) is 10.8 Å². The number of benzene rings is 3. The van der Waals surface area contributed by atoms with E-state index >= 15 is 0 Å². The number of halogens is 1. The monoisotopic (exact) mass is 959 g/mol. The molecule has 0 saturated carbocycles. The van der Waals surface area contributed by atoms with Crippen molar-refractivity contribution < 1.29 is 65.6 Å². The summed E-state index contributed by atoms with van der Waals surface area (Å²) in [5, 5.41) is 107. The number of unbranched alkanes of at least 4 members (excludes halogenated alkanes) is 1. The number of hydrogen-bond acceptors (Lipinski definition) is 18. The molecule has 67 heavy (non-hydrogen) atoms. The van der Waals surface area contributed by atoms with Crippen molar-refractivity contribution in [3.05, 3.63) is 88.2 Å². The molecular weight excluding hydrogens is 896 g/mol. The molecule has 368 valence electrons. The highest BCUT2D eigenvalue weighted by Gasteiger charge is 2.34. The molecule has 3 aromatic carbocycles. The summed E-state index contributed by atoms with van der Waals surface area (Å²) in [6.07, 6.45) is -11.0. The van der Waals surface area contributed by atoms with Gasteiger partial charge in [-0.15, -0.1) is 0 Å². The Balaban J connectivity index is 1.29. The zero-order valence-corrected chi connectivity index (χ0v) is 37.5. The molecule has 0 aliphatic carbocycles. The number of carbonyl (C=O) groups is 2. The number of anilines is 3. The van der Waals surface area contributed by atoms with Crippen molar-refractivity contribution in [3.63, 3.8) is 0 Å². The highest BCUT2D eigenvalue weighted by molar-refractivity contribution is 6.31. The van der Waals surface area contributed by atoms with Crippen LogP contribution in [0.4, 0.5) is 17.3 Å². The first-order chi connectivity index (χ1) is 31.8. The number of aromatic nitrogens is 2. The number of guanidine groups is 1. The second kappa shape index (κ2) is 26.4. The SMILES string of the molecule is NC(NC(=O)c1nc(Cl)c(N)nc1N)=[NH+]CCCCc1ccc(CC(N)C(=O)Nc2ccc(CCCN(CC(O)C(O)C(O)C(O)CO)CC(O)C(O)C(O)C(O)CO)cc2)c2ccccc12. The van der Waals surface area contributed by atoms with E-state index in [9.17, 15) is 50.4 Å². The maximum absolute atomic E-state index is 13.3. The van der Waals surface area contributed by atoms with Gasteiger partial charge in [0.1, 0.15) is 36.6 Å². The molecular formula is C44H64ClN10O12+. The smallest absolute Gasteiger partial charge is 0.348 e. The Morgan fingerprint density at radius 2 is 1.25 bits per heavy atom. The largest absolute Gasteiger partial charge is 0.394 e. The van der Waals surface area contributed by atoms with Gasteiger partial charge in [0.25, 0.3) is 0 Å². The lowest BCUT2D eigenvalue weighted by molar-refractivity contribution is -0.460. The summed E-state index contributed by atoms with van der Waals surface area (Å²) >= 11 is 5.86. The lowest BCUT2D eigenvalue weighted by Crippen LogP contribution is -2.79. The number of aryl methyl sites for hydroxylation is 2. The van der Waals surface area contributed by atoms with E-state index in [4.69, 9.17) is 44.7 Å². The minimum Gasteiger partial charge on any atom is -0.394 e. The molecule has 0 spiro atoms. The molecule has 0 bridgehead atoms. The van der Waals surface area contributed by atoms with E-state index in [2.05, 4.69) is 25.6 Å². The first-order valence-corrected chi connectivity index (χ1v) is 22.0. The van der Waals surface area contributed by atoms with Gasteiger partial charge in [-0.2, -0.15) is 0 Å². The van der Waals surface area contributed by atoms with E-state index in [1.165, 1.54) is 4.90 Å². The van der Waals surface area contributed by atoms with E-state index in [-0.39, 0.29) is 60.4 Å². The fraction of sp³-hybridized carbons (Fsp3) is 0.477. The number of carbonyl (C=O) groups excluding carboxylic acids is 2. The second-order valence-electron chi connectivity index (χ2n) is 16.3. The summed E-state index contributed by atoms with van der Waals surface area (Å²) in [5.41, 5.74) is 26.8. The maximum Gasteiger partial charge on any atom is 0.348 e. The van der Waals surface area contributed by atoms with Gasteiger partial charge in [0.05, 0.1) is 38.0 Å². The number of nitrogens with zero attached hydrogens (tertiary/aromatic N) is 3. The van der Waals surface area contributed by atoms with Crippen molar-refractivity contribution in [2.75, 3.05) is 56.2 Å². The molecule has 0 aliphatic rings. The zero-order valence-electron chi connectivity index (χ0n) is 36.8. The Bertz CT molecular complexity index is 2220. The van der Waals surface area contributed by atoms with E-state index in [0.717, 1.165) is 46.7 Å². The number of aliphatic hydroxyl groups excluding tert-OH is 10. The third-order valence-corrected chi connectivity index (χ3v) is 11.4. The van der Waals surface area contributed by atoms with E-state index in [1.807, 2.05) is 36.4 Å². The van der Waals surface area contributed by atoms with E-state index < -0.39 is 74.0 Å². The van der Waals surface area contributed by atoms with Crippen LogP contribution in [0.3, 0.4) is 0 Å². The van der Waals surface area contributed by atoms with Crippen LogP contribution in [0, 0.1) is 0 Å². The summed E-state index contributed by atoms with van der Waals surface area (Å²) in [6, 6.07) is 18.0. The predicted molar refractivity (Wildman–Crippen MR) is 249 cm³/mol. The Morgan fingerprint density at radius 1 is 0.701 bits per heavy atom. The molecule has 0 saturated heterocycles. The lowest BCUT2D eigenvalue weighted by Gasteiger charge is -2.33. The average Bonchev–Trinajstić information content (AvgIpc) is 3.31. The van der Waals surface area contributed by atoms with Gasteiger partial charge >= 0.3 is 11.9 Å². The van der Waals surface area contributed by atoms with Crippen molar-refractivity contribution in [3.8, 4) is 0 Å². The Kier molecular flexibility index (Phi) is 21.4. The molecule has 0 radical (unpaired) electrons. The second-order valence-corrected chi connectivity index (χ2v) is 16.6. The fourth-order valence-corrected chi connectivity index (χ4v) is 7.40. The molecule has 1 aromatic heterocycles. The maximum atomic E-state index is 13.3. The first-order valence-electron chi connectivity index (χ1n) is 21.6. The highest BCUT2D eigenvalue weighted by atomic mass is 35.5. The summed E-state index contributed by atoms with van der Waals surface area (Å²) in [6.45, 7) is -1.88. The molecule has 9 atom stereocenters. The summed E-state index contributed by atoms with van der Waals surface area (Å²) < 4.78 is 0. The van der Waals surface area contributed by atoms with Gasteiger partial charge in [0.2, 0.25) is 5.91 Å². The number of fused-ring (bicyclic) bond motifs is 1. The first kappa shape index (κ1) is 54.4. The van der Waals surface area contributed by atoms with Gasteiger partial charge in [-0.25, -0.2) is 20.1 Å². The Labute approximate surface area is 391 Å². The average molecular weight is 961 g/mol. The lowest BCUT2D eigenvalue weighted by atomic mass is 9.93. The van der Waals surface area contributed by atoms with Crippen molar-refractivity contribution in [1.82, 2.24) is 20.2 Å². The number of amides is 2. The van der Waals surface area contributed by atoms with Crippen LogP contribution in [0.2, 0.25) is 5.15 Å². The molecule has 4 rings (SSSR count). The van der Waals surface area contributed by atoms with Crippen LogP contribution in [0.15, 0.2) is 60.7 Å². The highest BCUT2D eigenvalue weighted by Crippen LogP contribution is 2.26. The summed E-state index contributed by atoms with van der Waals surface area (Å²) in [5.74, 6) is -1.36. The standard InChI is InChI=1S/C44H63ClN10O12/c45-39-41(48)53-40(47)34(52-39)43(67)54-44(49)50-16-4-3-7-24-12-13-25(28-9-2-1-8-27(24)28)18-29(46)42(66)51-26-14-10-23(11-15-26)6-5-17-55(19-30(58)35(62)37(64)32(60)21-56)20-31(59)36(63)38(65)33(61)22-57/h1-2,8-15,29-33,35-38,56-65H,3-7,16-22,46H2,(H,51,66)(H4,47,48,53)(H3,49,50,54,67)/p+1. The fourth-order valence-electron chi connectivity index (χ4n) is 7.27. The molecule has 0 fully saturated rings. The van der Waals surface area contributed by atoms with Gasteiger partial charge in [0, 0.05) is 18.8 Å². The van der Waals surface area contributed by atoms with Crippen molar-refractivity contribution in [2.24, 2.45) is 11.5 Å². The number of aliphatic hydroxyl groups is 10. The number of rotatable bonds is 26. The molecule has 21 N–H and O–H groups in total. The van der Waals surface area contributed by atoms with Crippen LogP contribution in [0.5, 0.6) is 0 Å². The van der Waals surface area contributed by atoms with Crippen LogP contribution in [-0.2, 0) is 24.1 Å². The van der Waals surface area contributed by atoms with E-state index in [0.29, 0.717) is 25.1 Å². The topological polar surface area (TPSA) is 408 Å². The van der Waals surface area contributed by atoms with E-state index in [1.54, 1.807) is 24.3 Å². The predicted octanol–water partition coefficient (Wildman–Crippen LogP) is -4.79. The Hall–Kier alpha value is -5.18. The van der Waals surface area contributed by atoms with Gasteiger partial charge in [0.15, 0.2) is 22.5 Å². The van der Waals surface area contributed by atoms with Crippen molar-refractivity contribution >= 4 is 57.5 Å². The molecule has 22 nitrogen and oxygen atoms in total. The Morgan fingerprint density at radius 3 is 1.84 bits per heavy atom. The van der Waals surface area contributed by atoms with Crippen molar-refractivity contribution in [1.29, 1.82) is 0 Å². The summed E-state index contributed by atoms with van der Waals surface area (Å²) in [7, 11) is 0. The third kappa shape index (κ3) is 16.0. The number of nitrogen functional groups attached to an aromatic ring is 2. The van der Waals surface area contributed by atoms with Crippen LogP contribution in [0.1, 0.15) is 46.4 Å². The van der Waals surface area contributed by atoms with Crippen LogP contribution in [-0.4, -0.2) is 178 Å². The molecule has 0 aliphatic heterocycles. The number of nitrogens with one attached hydrogen (secondary N) is 3. The molecule has 2 amide bonds. The molecule has 23 heteroatoms. The quantitative estimate of drug-likeness (QED) is 0.0160.